The van der Waals surface area contributed by atoms with Crippen LogP contribution in [0, 0.1) is 0 Å². The van der Waals surface area contributed by atoms with E-state index in [1.807, 2.05) is 37.3 Å². The van der Waals surface area contributed by atoms with Crippen LogP contribution in [0.2, 0.25) is 5.02 Å². The number of fused-ring (bicyclic) bond motifs is 2. The summed E-state index contributed by atoms with van der Waals surface area (Å²) in [6.07, 6.45) is -1.45. The standard InChI is InChI=1S/C29H27ClN4O6/c1-17(18-5-3-2-4-6-18)24(33-25(35)19-7-10-21(11-8-19)31-27(37)38)26(36)34-14-13-29(16-34)22-15-20(30)9-12-23(22)32-28(39)40-29/h2-12,15,17,24,31H,13-14,16H2,1H3,(H,32,39)(H,33,35)(H,37,38)/t17-,24+,29?/m1/s1. The molecule has 0 radical (unpaired) electrons. The maximum atomic E-state index is 14.0. The third kappa shape index (κ3) is 5.43. The fraction of sp³-hybridized carbons (Fsp3) is 0.241. The predicted octanol–water partition coefficient (Wildman–Crippen LogP) is 5.02. The van der Waals surface area contributed by atoms with Gasteiger partial charge in [0.2, 0.25) is 5.91 Å². The summed E-state index contributed by atoms with van der Waals surface area (Å²) in [5, 5.41) is 17.2. The monoisotopic (exact) mass is 562 g/mol. The number of nitrogens with one attached hydrogen (secondary N) is 3. The Morgan fingerprint density at radius 2 is 1.80 bits per heavy atom. The molecule has 2 heterocycles. The molecule has 2 aliphatic heterocycles. The van der Waals surface area contributed by atoms with Crippen molar-refractivity contribution < 1.29 is 29.0 Å². The summed E-state index contributed by atoms with van der Waals surface area (Å²) < 4.78 is 5.77. The Balaban J connectivity index is 1.41. The van der Waals surface area contributed by atoms with Gasteiger partial charge in [-0.1, -0.05) is 48.9 Å². The van der Waals surface area contributed by atoms with Crippen molar-refractivity contribution in [3.63, 3.8) is 0 Å². The number of likely N-dealkylation sites (tertiary alicyclic amines) is 1. The van der Waals surface area contributed by atoms with Crippen LogP contribution in [0.15, 0.2) is 72.8 Å². The summed E-state index contributed by atoms with van der Waals surface area (Å²) in [7, 11) is 0. The highest BCUT2D eigenvalue weighted by Gasteiger charge is 2.50. The van der Waals surface area contributed by atoms with Crippen LogP contribution in [0.1, 0.15) is 40.7 Å². The smallest absolute Gasteiger partial charge is 0.412 e. The molecule has 11 heteroatoms. The zero-order valence-electron chi connectivity index (χ0n) is 21.5. The Morgan fingerprint density at radius 3 is 2.50 bits per heavy atom. The number of carbonyl (C=O) groups is 4. The maximum absolute atomic E-state index is 14.0. The number of hydrogen-bond acceptors (Lipinski definition) is 5. The van der Waals surface area contributed by atoms with E-state index in [9.17, 15) is 19.2 Å². The molecule has 0 bridgehead atoms. The highest BCUT2D eigenvalue weighted by atomic mass is 35.5. The van der Waals surface area contributed by atoms with Gasteiger partial charge >= 0.3 is 12.2 Å². The normalized spacial score (nSPS) is 19.1. The van der Waals surface area contributed by atoms with Crippen molar-refractivity contribution in [2.45, 2.75) is 30.9 Å². The van der Waals surface area contributed by atoms with Crippen LogP contribution in [0.4, 0.5) is 21.0 Å². The summed E-state index contributed by atoms with van der Waals surface area (Å²) in [6, 6.07) is 19.5. The number of benzene rings is 3. The van der Waals surface area contributed by atoms with Crippen molar-refractivity contribution in [2.75, 3.05) is 23.7 Å². The molecular weight excluding hydrogens is 536 g/mol. The first-order valence-electron chi connectivity index (χ1n) is 12.7. The minimum Gasteiger partial charge on any atom is -0.465 e. The molecule has 4 amide bonds. The fourth-order valence-corrected chi connectivity index (χ4v) is 5.41. The maximum Gasteiger partial charge on any atom is 0.412 e. The Morgan fingerprint density at radius 1 is 1.07 bits per heavy atom. The van der Waals surface area contributed by atoms with Gasteiger partial charge in [0.15, 0.2) is 5.60 Å². The van der Waals surface area contributed by atoms with Gasteiger partial charge < -0.3 is 20.1 Å². The molecule has 1 spiro atoms. The second kappa shape index (κ2) is 10.9. The number of anilines is 2. The van der Waals surface area contributed by atoms with Crippen LogP contribution in [0.25, 0.3) is 0 Å². The van der Waals surface area contributed by atoms with Crippen LogP contribution in [-0.2, 0) is 15.1 Å². The van der Waals surface area contributed by atoms with Crippen molar-refractivity contribution in [1.82, 2.24) is 10.2 Å². The topological polar surface area (TPSA) is 137 Å². The molecule has 40 heavy (non-hydrogen) atoms. The highest BCUT2D eigenvalue weighted by Crippen LogP contribution is 2.44. The van der Waals surface area contributed by atoms with Crippen molar-refractivity contribution in [3.8, 4) is 0 Å². The van der Waals surface area contributed by atoms with Crippen LogP contribution < -0.4 is 16.0 Å². The summed E-state index contributed by atoms with van der Waals surface area (Å²) in [4.78, 5) is 52.2. The highest BCUT2D eigenvalue weighted by molar-refractivity contribution is 6.30. The lowest BCUT2D eigenvalue weighted by atomic mass is 9.89. The molecule has 206 valence electrons. The Kier molecular flexibility index (Phi) is 7.36. The number of ether oxygens (including phenoxy) is 1. The van der Waals surface area contributed by atoms with E-state index in [2.05, 4.69) is 16.0 Å². The van der Waals surface area contributed by atoms with Crippen molar-refractivity contribution in [3.05, 3.63) is 94.5 Å². The molecule has 0 aromatic heterocycles. The Labute approximate surface area is 235 Å². The quantitative estimate of drug-likeness (QED) is 0.333. The summed E-state index contributed by atoms with van der Waals surface area (Å²) in [6.45, 7) is 2.28. The minimum absolute atomic E-state index is 0.107. The molecule has 0 aliphatic carbocycles. The molecular formula is C29H27ClN4O6. The second-order valence-electron chi connectivity index (χ2n) is 9.87. The number of carbonyl (C=O) groups excluding carboxylic acids is 3. The van der Waals surface area contributed by atoms with Gasteiger partial charge in [-0.25, -0.2) is 9.59 Å². The fourth-order valence-electron chi connectivity index (χ4n) is 5.24. The molecule has 1 unspecified atom stereocenters. The van der Waals surface area contributed by atoms with E-state index in [-0.39, 0.29) is 23.9 Å². The van der Waals surface area contributed by atoms with Gasteiger partial charge in [-0.05, 0) is 48.0 Å². The van der Waals surface area contributed by atoms with Gasteiger partial charge in [0, 0.05) is 40.7 Å². The van der Waals surface area contributed by atoms with Crippen molar-refractivity contribution >= 4 is 47.0 Å². The van der Waals surface area contributed by atoms with Gasteiger partial charge in [-0.2, -0.15) is 0 Å². The molecule has 3 aromatic rings. The first-order chi connectivity index (χ1) is 19.1. The van der Waals surface area contributed by atoms with Crippen molar-refractivity contribution in [2.24, 2.45) is 0 Å². The molecule has 2 aliphatic rings. The summed E-state index contributed by atoms with van der Waals surface area (Å²) >= 11 is 6.25. The molecule has 3 aromatic carbocycles. The molecule has 1 saturated heterocycles. The van der Waals surface area contributed by atoms with Crippen LogP contribution in [0.3, 0.4) is 0 Å². The molecule has 1 fully saturated rings. The van der Waals surface area contributed by atoms with E-state index in [4.69, 9.17) is 21.4 Å². The van der Waals surface area contributed by atoms with E-state index in [0.717, 1.165) is 5.56 Å². The third-order valence-electron chi connectivity index (χ3n) is 7.32. The number of rotatable bonds is 6. The number of halogens is 1. The Bertz CT molecular complexity index is 1470. The average Bonchev–Trinajstić information content (AvgIpc) is 3.36. The lowest BCUT2D eigenvalue weighted by Gasteiger charge is -2.36. The van der Waals surface area contributed by atoms with E-state index < -0.39 is 29.7 Å². The lowest BCUT2D eigenvalue weighted by molar-refractivity contribution is -0.133. The van der Waals surface area contributed by atoms with E-state index in [0.29, 0.717) is 34.9 Å². The largest absolute Gasteiger partial charge is 0.465 e. The van der Waals surface area contributed by atoms with Gasteiger partial charge in [0.25, 0.3) is 5.91 Å². The summed E-state index contributed by atoms with van der Waals surface area (Å²) in [5.74, 6) is -1.19. The SMILES string of the molecule is C[C@H](c1ccccc1)[C@H](NC(=O)c1ccc(NC(=O)O)cc1)C(=O)N1CCC2(C1)OC(=O)Nc1ccc(Cl)cc12. The number of nitrogens with zero attached hydrogens (tertiary/aromatic N) is 1. The predicted molar refractivity (Wildman–Crippen MR) is 149 cm³/mol. The van der Waals surface area contributed by atoms with E-state index in [1.54, 1.807) is 23.1 Å². The van der Waals surface area contributed by atoms with Gasteiger partial charge in [0.05, 0.1) is 12.2 Å². The second-order valence-corrected chi connectivity index (χ2v) is 10.3. The molecule has 3 atom stereocenters. The average molecular weight is 563 g/mol. The van der Waals surface area contributed by atoms with Crippen LogP contribution >= 0.6 is 11.6 Å². The van der Waals surface area contributed by atoms with Gasteiger partial charge in [0.1, 0.15) is 6.04 Å². The zero-order chi connectivity index (χ0) is 28.4. The van der Waals surface area contributed by atoms with E-state index >= 15 is 0 Å². The molecule has 10 nitrogen and oxygen atoms in total. The minimum atomic E-state index is -1.22. The zero-order valence-corrected chi connectivity index (χ0v) is 22.3. The lowest BCUT2D eigenvalue weighted by Crippen LogP contribution is -2.51. The molecule has 0 saturated carbocycles. The number of carboxylic acid groups (broad SMARTS) is 1. The number of amides is 4. The molecule has 5 rings (SSSR count). The van der Waals surface area contributed by atoms with Crippen LogP contribution in [0.5, 0.6) is 0 Å². The van der Waals surface area contributed by atoms with Gasteiger partial charge in [-0.3, -0.25) is 20.2 Å². The molecule has 4 N–H and O–H groups in total. The first kappa shape index (κ1) is 27.0. The van der Waals surface area contributed by atoms with E-state index in [1.165, 1.54) is 24.3 Å². The van der Waals surface area contributed by atoms with Crippen molar-refractivity contribution in [1.29, 1.82) is 0 Å². The van der Waals surface area contributed by atoms with Crippen LogP contribution in [-0.4, -0.2) is 53.1 Å². The number of hydrogen-bond donors (Lipinski definition) is 4. The van der Waals surface area contributed by atoms with Gasteiger partial charge in [-0.15, -0.1) is 0 Å². The first-order valence-corrected chi connectivity index (χ1v) is 13.1. The Hall–Kier alpha value is -4.57. The summed E-state index contributed by atoms with van der Waals surface area (Å²) in [5.41, 5.74) is 1.66. The third-order valence-corrected chi connectivity index (χ3v) is 7.55.